The molecule has 1 atom stereocenters. The predicted molar refractivity (Wildman–Crippen MR) is 141 cm³/mol. The summed E-state index contributed by atoms with van der Waals surface area (Å²) in [5.41, 5.74) is 2.15. The van der Waals surface area contributed by atoms with Crippen molar-refractivity contribution in [2.45, 2.75) is 32.6 Å². The summed E-state index contributed by atoms with van der Waals surface area (Å²) < 4.78 is 39.5. The van der Waals surface area contributed by atoms with E-state index in [0.29, 0.717) is 10.6 Å². The third-order valence-corrected chi connectivity index (χ3v) is 7.24. The molecule has 2 amide bonds. The molecule has 0 saturated heterocycles. The van der Waals surface area contributed by atoms with E-state index in [-0.39, 0.29) is 19.6 Å². The van der Waals surface area contributed by atoms with Gasteiger partial charge >= 0.3 is 0 Å². The molecule has 1 unspecified atom stereocenters. The zero-order valence-corrected chi connectivity index (χ0v) is 22.2. The van der Waals surface area contributed by atoms with Crippen molar-refractivity contribution in [3.05, 3.63) is 106 Å². The van der Waals surface area contributed by atoms with Gasteiger partial charge in [-0.05, 0) is 47.9 Å². The van der Waals surface area contributed by atoms with E-state index in [0.717, 1.165) is 21.7 Å². The van der Waals surface area contributed by atoms with E-state index in [1.165, 1.54) is 29.2 Å². The second-order valence-electron chi connectivity index (χ2n) is 8.69. The lowest BCUT2D eigenvalue weighted by atomic mass is 10.1. The second kappa shape index (κ2) is 12.8. The van der Waals surface area contributed by atoms with Crippen LogP contribution in [-0.2, 0) is 39.2 Å². The summed E-state index contributed by atoms with van der Waals surface area (Å²) in [5, 5.41) is 3.38. The molecule has 0 heterocycles. The van der Waals surface area contributed by atoms with Gasteiger partial charge in [0.25, 0.3) is 0 Å². The van der Waals surface area contributed by atoms with Crippen molar-refractivity contribution < 1.29 is 22.4 Å². The van der Waals surface area contributed by atoms with Crippen molar-refractivity contribution in [2.24, 2.45) is 0 Å². The van der Waals surface area contributed by atoms with Gasteiger partial charge in [0.05, 0.1) is 12.8 Å². The first-order valence-corrected chi connectivity index (χ1v) is 13.8. The highest BCUT2D eigenvalue weighted by Gasteiger charge is 2.29. The monoisotopic (exact) mass is 545 g/mol. The van der Waals surface area contributed by atoms with Crippen molar-refractivity contribution >= 4 is 33.4 Å². The van der Waals surface area contributed by atoms with Crippen LogP contribution in [0.15, 0.2) is 78.9 Å². The number of carbonyl (C=O) groups excluding carboxylic acids is 2. The van der Waals surface area contributed by atoms with E-state index in [1.54, 1.807) is 55.5 Å². The molecule has 3 aromatic carbocycles. The van der Waals surface area contributed by atoms with Crippen molar-refractivity contribution in [1.29, 1.82) is 0 Å². The molecule has 0 spiro atoms. The maximum Gasteiger partial charge on any atom is 0.242 e. The number of nitrogens with one attached hydrogen (secondary N) is 1. The summed E-state index contributed by atoms with van der Waals surface area (Å²) in [6, 6.07) is 20.5. The zero-order valence-electron chi connectivity index (χ0n) is 20.6. The largest absolute Gasteiger partial charge is 0.350 e. The van der Waals surface area contributed by atoms with Crippen LogP contribution in [-0.4, -0.2) is 48.3 Å². The Kier molecular flexibility index (Phi) is 9.79. The summed E-state index contributed by atoms with van der Waals surface area (Å²) in [4.78, 5) is 27.8. The van der Waals surface area contributed by atoms with E-state index in [2.05, 4.69) is 5.32 Å². The normalized spacial score (nSPS) is 12.2. The molecule has 10 heteroatoms. The van der Waals surface area contributed by atoms with Gasteiger partial charge in [0.2, 0.25) is 21.8 Å². The standard InChI is InChI=1S/C27H29ClFN3O4S/c1-20(27(34)30-16-21-8-12-24(28)13-9-21)32(18-23-10-14-25(29)15-11-23)26(33)19-31(37(2,35)36)17-22-6-4-3-5-7-22/h3-15,20H,16-19H2,1-2H3,(H,30,34). The topological polar surface area (TPSA) is 86.8 Å². The summed E-state index contributed by atoms with van der Waals surface area (Å²) >= 11 is 5.91. The van der Waals surface area contributed by atoms with Crippen molar-refractivity contribution in [3.8, 4) is 0 Å². The molecule has 0 bridgehead atoms. The van der Waals surface area contributed by atoms with Gasteiger partial charge in [-0.1, -0.05) is 66.2 Å². The number of nitrogens with zero attached hydrogens (tertiary/aromatic N) is 2. The fourth-order valence-corrected chi connectivity index (χ4v) is 4.48. The van der Waals surface area contributed by atoms with Crippen LogP contribution in [0, 0.1) is 5.82 Å². The average Bonchev–Trinajstić information content (AvgIpc) is 2.87. The van der Waals surface area contributed by atoms with E-state index in [4.69, 9.17) is 11.6 Å². The van der Waals surface area contributed by atoms with Crippen LogP contribution in [0.5, 0.6) is 0 Å². The van der Waals surface area contributed by atoms with E-state index in [9.17, 15) is 22.4 Å². The molecule has 196 valence electrons. The highest BCUT2D eigenvalue weighted by atomic mass is 35.5. The van der Waals surface area contributed by atoms with Gasteiger partial charge in [-0.15, -0.1) is 0 Å². The van der Waals surface area contributed by atoms with Crippen LogP contribution in [0.4, 0.5) is 4.39 Å². The SMILES string of the molecule is CC(C(=O)NCc1ccc(Cl)cc1)N(Cc1ccc(F)cc1)C(=O)CN(Cc1ccccc1)S(C)(=O)=O. The third-order valence-electron chi connectivity index (χ3n) is 5.80. The maximum atomic E-state index is 13.5. The molecular formula is C27H29ClFN3O4S. The summed E-state index contributed by atoms with van der Waals surface area (Å²) in [6.07, 6.45) is 1.04. The van der Waals surface area contributed by atoms with Gasteiger partial charge in [0.1, 0.15) is 11.9 Å². The fourth-order valence-electron chi connectivity index (χ4n) is 3.63. The molecule has 0 aromatic heterocycles. The molecular weight excluding hydrogens is 517 g/mol. The minimum atomic E-state index is -3.74. The van der Waals surface area contributed by atoms with Crippen LogP contribution < -0.4 is 5.32 Å². The van der Waals surface area contributed by atoms with Crippen molar-refractivity contribution in [3.63, 3.8) is 0 Å². The van der Waals surface area contributed by atoms with Crippen LogP contribution in [0.2, 0.25) is 5.02 Å². The third kappa shape index (κ3) is 8.66. The van der Waals surface area contributed by atoms with Crippen molar-refractivity contribution in [2.75, 3.05) is 12.8 Å². The van der Waals surface area contributed by atoms with Gasteiger partial charge in [0, 0.05) is 24.7 Å². The lowest BCUT2D eigenvalue weighted by molar-refractivity contribution is -0.140. The van der Waals surface area contributed by atoms with Crippen LogP contribution >= 0.6 is 11.6 Å². The smallest absolute Gasteiger partial charge is 0.242 e. The van der Waals surface area contributed by atoms with Gasteiger partial charge in [-0.25, -0.2) is 12.8 Å². The predicted octanol–water partition coefficient (Wildman–Crippen LogP) is 3.97. The van der Waals surface area contributed by atoms with Crippen LogP contribution in [0.1, 0.15) is 23.6 Å². The average molecular weight is 546 g/mol. The Bertz CT molecular complexity index is 1300. The Hall–Kier alpha value is -3.27. The molecule has 0 radical (unpaired) electrons. The molecule has 0 fully saturated rings. The van der Waals surface area contributed by atoms with Gasteiger partial charge < -0.3 is 10.2 Å². The van der Waals surface area contributed by atoms with Gasteiger partial charge in [-0.3, -0.25) is 9.59 Å². The number of hydrogen-bond acceptors (Lipinski definition) is 4. The van der Waals surface area contributed by atoms with Crippen molar-refractivity contribution in [1.82, 2.24) is 14.5 Å². The Labute approximate surface area is 221 Å². The minimum absolute atomic E-state index is 0.00240. The number of carbonyl (C=O) groups is 2. The molecule has 3 rings (SSSR count). The zero-order chi connectivity index (χ0) is 27.0. The lowest BCUT2D eigenvalue weighted by Crippen LogP contribution is -2.50. The lowest BCUT2D eigenvalue weighted by Gasteiger charge is -2.31. The molecule has 1 N–H and O–H groups in total. The molecule has 0 saturated carbocycles. The Morgan fingerprint density at radius 3 is 2.05 bits per heavy atom. The number of halogens is 2. The Morgan fingerprint density at radius 1 is 0.892 bits per heavy atom. The number of sulfonamides is 1. The Morgan fingerprint density at radius 2 is 1.46 bits per heavy atom. The van der Waals surface area contributed by atoms with E-state index in [1.807, 2.05) is 6.07 Å². The first kappa shape index (κ1) is 28.3. The summed E-state index contributed by atoms with van der Waals surface area (Å²) in [6.45, 7) is 1.34. The number of benzene rings is 3. The minimum Gasteiger partial charge on any atom is -0.350 e. The van der Waals surface area contributed by atoms with E-state index >= 15 is 0 Å². The molecule has 7 nitrogen and oxygen atoms in total. The summed E-state index contributed by atoms with van der Waals surface area (Å²) in [5.74, 6) is -1.40. The second-order valence-corrected chi connectivity index (χ2v) is 11.1. The summed E-state index contributed by atoms with van der Waals surface area (Å²) in [7, 11) is -3.74. The maximum absolute atomic E-state index is 13.5. The quantitative estimate of drug-likeness (QED) is 0.395. The molecule has 3 aromatic rings. The Balaban J connectivity index is 1.80. The van der Waals surface area contributed by atoms with Crippen LogP contribution in [0.3, 0.4) is 0 Å². The van der Waals surface area contributed by atoms with Gasteiger partial charge in [-0.2, -0.15) is 4.31 Å². The van der Waals surface area contributed by atoms with Gasteiger partial charge in [0.15, 0.2) is 0 Å². The molecule has 37 heavy (non-hydrogen) atoms. The molecule has 0 aliphatic carbocycles. The number of amides is 2. The van der Waals surface area contributed by atoms with Crippen LogP contribution in [0.25, 0.3) is 0 Å². The van der Waals surface area contributed by atoms with E-state index < -0.39 is 40.2 Å². The number of hydrogen-bond donors (Lipinski definition) is 1. The first-order chi connectivity index (χ1) is 17.5. The number of rotatable bonds is 11. The highest BCUT2D eigenvalue weighted by molar-refractivity contribution is 7.88. The molecule has 0 aliphatic rings. The fraction of sp³-hybridized carbons (Fsp3) is 0.259. The highest BCUT2D eigenvalue weighted by Crippen LogP contribution is 2.15. The molecule has 0 aliphatic heterocycles. The first-order valence-electron chi connectivity index (χ1n) is 11.6.